The molecule has 1 aromatic rings. The van der Waals surface area contributed by atoms with Crippen molar-refractivity contribution in [3.63, 3.8) is 0 Å². The van der Waals surface area contributed by atoms with Crippen LogP contribution in [0.25, 0.3) is 0 Å². The number of carbonyl (C=O) groups is 1. The van der Waals surface area contributed by atoms with Crippen molar-refractivity contribution >= 4 is 21.7 Å². The number of carbonyl (C=O) groups excluding carboxylic acids is 1. The molecule has 0 aromatic carbocycles. The summed E-state index contributed by atoms with van der Waals surface area (Å²) < 4.78 is 26.1. The number of piperidine rings is 1. The van der Waals surface area contributed by atoms with Crippen molar-refractivity contribution in [1.29, 1.82) is 0 Å². The Hall–Kier alpha value is -1.54. The Morgan fingerprint density at radius 3 is 2.63 bits per heavy atom. The summed E-state index contributed by atoms with van der Waals surface area (Å²) in [7, 11) is -3.20. The Labute approximate surface area is 161 Å². The van der Waals surface area contributed by atoms with E-state index >= 15 is 0 Å². The van der Waals surface area contributed by atoms with Crippen LogP contribution in [0.3, 0.4) is 0 Å². The lowest BCUT2D eigenvalue weighted by molar-refractivity contribution is -0.119. The van der Waals surface area contributed by atoms with Crippen LogP contribution < -0.4 is 4.90 Å². The van der Waals surface area contributed by atoms with E-state index in [1.807, 2.05) is 11.8 Å². The predicted octanol–water partition coefficient (Wildman–Crippen LogP) is 2.00. The Balaban J connectivity index is 1.65. The molecule has 8 heteroatoms. The van der Waals surface area contributed by atoms with Gasteiger partial charge in [-0.1, -0.05) is 0 Å². The second-order valence-corrected chi connectivity index (χ2v) is 10.3. The molecular formula is C19H28N4O3S. The second-order valence-electron chi connectivity index (χ2n) is 8.01. The van der Waals surface area contributed by atoms with E-state index in [4.69, 9.17) is 9.97 Å². The van der Waals surface area contributed by atoms with Crippen LogP contribution in [0.15, 0.2) is 0 Å². The number of aryl methyl sites for hydroxylation is 1. The lowest BCUT2D eigenvalue weighted by atomic mass is 9.97. The van der Waals surface area contributed by atoms with Gasteiger partial charge in [0.25, 0.3) is 0 Å². The zero-order chi connectivity index (χ0) is 19.2. The van der Waals surface area contributed by atoms with E-state index < -0.39 is 10.0 Å². The van der Waals surface area contributed by atoms with Crippen LogP contribution in [-0.4, -0.2) is 54.0 Å². The highest BCUT2D eigenvalue weighted by molar-refractivity contribution is 7.89. The molecule has 4 rings (SSSR count). The monoisotopic (exact) mass is 392 g/mol. The molecule has 3 aliphatic rings. The first-order valence-corrected chi connectivity index (χ1v) is 11.7. The largest absolute Gasteiger partial charge is 0.296 e. The zero-order valence-electron chi connectivity index (χ0n) is 16.1. The first-order chi connectivity index (χ1) is 12.9. The molecule has 0 radical (unpaired) electrons. The summed E-state index contributed by atoms with van der Waals surface area (Å²) in [6.07, 6.45) is 5.28. The van der Waals surface area contributed by atoms with Gasteiger partial charge in [0.05, 0.1) is 5.75 Å². The molecule has 1 saturated heterocycles. The molecule has 148 valence electrons. The average molecular weight is 393 g/mol. The number of hydrogen-bond donors (Lipinski definition) is 0. The van der Waals surface area contributed by atoms with Crippen molar-refractivity contribution in [2.24, 2.45) is 5.92 Å². The van der Waals surface area contributed by atoms with Crippen LogP contribution >= 0.6 is 0 Å². The first kappa shape index (κ1) is 18.8. The van der Waals surface area contributed by atoms with Crippen molar-refractivity contribution in [1.82, 2.24) is 14.3 Å². The fourth-order valence-electron chi connectivity index (χ4n) is 4.12. The minimum Gasteiger partial charge on any atom is -0.296 e. The highest BCUT2D eigenvalue weighted by Crippen LogP contribution is 2.36. The standard InChI is InChI=1S/C19H28N4O3S/c1-3-27(25,26)22-10-4-5-15(12-22)18-20-13(2)16-8-9-17(24)23(19(16)21-18)11-14-6-7-14/h14-15H,3-12H2,1-2H3. The van der Waals surface area contributed by atoms with Gasteiger partial charge in [-0.25, -0.2) is 22.7 Å². The minimum absolute atomic E-state index is 0.0103. The number of rotatable bonds is 5. The van der Waals surface area contributed by atoms with Gasteiger partial charge in [-0.05, 0) is 51.9 Å². The van der Waals surface area contributed by atoms with E-state index in [0.717, 1.165) is 36.5 Å². The van der Waals surface area contributed by atoms with Crippen LogP contribution in [0.2, 0.25) is 0 Å². The molecule has 1 aliphatic carbocycles. The summed E-state index contributed by atoms with van der Waals surface area (Å²) in [6.45, 7) is 5.43. The van der Waals surface area contributed by atoms with Gasteiger partial charge in [0.2, 0.25) is 15.9 Å². The van der Waals surface area contributed by atoms with Crippen molar-refractivity contribution < 1.29 is 13.2 Å². The fourth-order valence-corrected chi connectivity index (χ4v) is 5.30. The van der Waals surface area contributed by atoms with Crippen LogP contribution in [0.4, 0.5) is 5.82 Å². The van der Waals surface area contributed by atoms with Gasteiger partial charge in [-0.3, -0.25) is 9.69 Å². The Morgan fingerprint density at radius 2 is 1.93 bits per heavy atom. The summed E-state index contributed by atoms with van der Waals surface area (Å²) in [6, 6.07) is 0. The quantitative estimate of drug-likeness (QED) is 0.765. The highest BCUT2D eigenvalue weighted by atomic mass is 32.2. The molecule has 1 amide bonds. The van der Waals surface area contributed by atoms with Crippen molar-refractivity contribution in [3.05, 3.63) is 17.1 Å². The molecule has 0 bridgehead atoms. The second kappa shape index (κ2) is 7.13. The molecule has 1 atom stereocenters. The maximum Gasteiger partial charge on any atom is 0.228 e. The third-order valence-electron chi connectivity index (χ3n) is 6.00. The minimum atomic E-state index is -3.20. The summed E-state index contributed by atoms with van der Waals surface area (Å²) in [5.41, 5.74) is 2.01. The molecule has 0 N–H and O–H groups in total. The highest BCUT2D eigenvalue weighted by Gasteiger charge is 2.35. The number of aromatic nitrogens is 2. The molecule has 27 heavy (non-hydrogen) atoms. The molecule has 1 saturated carbocycles. The SMILES string of the molecule is CCS(=O)(=O)N1CCCC(c2nc(C)c3c(n2)N(CC2CC2)C(=O)CC3)C1. The topological polar surface area (TPSA) is 83.5 Å². The summed E-state index contributed by atoms with van der Waals surface area (Å²) in [5, 5.41) is 0. The summed E-state index contributed by atoms with van der Waals surface area (Å²) in [4.78, 5) is 23.9. The third-order valence-corrected chi connectivity index (χ3v) is 7.85. The molecule has 7 nitrogen and oxygen atoms in total. The van der Waals surface area contributed by atoms with Gasteiger partial charge in [-0.2, -0.15) is 0 Å². The van der Waals surface area contributed by atoms with Gasteiger partial charge in [0.1, 0.15) is 11.6 Å². The normalized spacial score (nSPS) is 24.1. The van der Waals surface area contributed by atoms with E-state index in [9.17, 15) is 13.2 Å². The first-order valence-electron chi connectivity index (χ1n) is 10.0. The Kier molecular flexibility index (Phi) is 4.96. The van der Waals surface area contributed by atoms with Gasteiger partial charge in [0, 0.05) is 43.2 Å². The number of anilines is 1. The molecule has 0 spiro atoms. The van der Waals surface area contributed by atoms with Gasteiger partial charge in [0.15, 0.2) is 0 Å². The van der Waals surface area contributed by atoms with Crippen molar-refractivity contribution in [2.45, 2.75) is 58.3 Å². The van der Waals surface area contributed by atoms with Crippen LogP contribution in [0.5, 0.6) is 0 Å². The maximum absolute atomic E-state index is 12.5. The van der Waals surface area contributed by atoms with Crippen LogP contribution in [0, 0.1) is 12.8 Å². The van der Waals surface area contributed by atoms with Gasteiger partial charge >= 0.3 is 0 Å². The Morgan fingerprint density at radius 1 is 1.15 bits per heavy atom. The molecule has 2 fully saturated rings. The van der Waals surface area contributed by atoms with Gasteiger partial charge < -0.3 is 0 Å². The number of amides is 1. The molecule has 1 aromatic heterocycles. The van der Waals surface area contributed by atoms with Crippen molar-refractivity contribution in [3.8, 4) is 0 Å². The van der Waals surface area contributed by atoms with E-state index in [0.29, 0.717) is 37.7 Å². The number of hydrogen-bond acceptors (Lipinski definition) is 5. The Bertz CT molecular complexity index is 851. The number of sulfonamides is 1. The average Bonchev–Trinajstić information content (AvgIpc) is 3.48. The molecular weight excluding hydrogens is 364 g/mol. The maximum atomic E-state index is 12.5. The molecule has 3 heterocycles. The van der Waals surface area contributed by atoms with E-state index in [2.05, 4.69) is 0 Å². The molecule has 2 aliphatic heterocycles. The van der Waals surface area contributed by atoms with E-state index in [1.165, 1.54) is 12.8 Å². The van der Waals surface area contributed by atoms with E-state index in [-0.39, 0.29) is 17.6 Å². The fraction of sp³-hybridized carbons (Fsp3) is 0.737. The number of fused-ring (bicyclic) bond motifs is 1. The number of nitrogens with zero attached hydrogens (tertiary/aromatic N) is 4. The third kappa shape index (κ3) is 3.74. The van der Waals surface area contributed by atoms with Gasteiger partial charge in [-0.15, -0.1) is 0 Å². The summed E-state index contributed by atoms with van der Waals surface area (Å²) in [5.74, 6) is 2.32. The van der Waals surface area contributed by atoms with Crippen LogP contribution in [0.1, 0.15) is 62.0 Å². The lowest BCUT2D eigenvalue weighted by Crippen LogP contribution is -2.41. The summed E-state index contributed by atoms with van der Waals surface area (Å²) >= 11 is 0. The predicted molar refractivity (Wildman–Crippen MR) is 103 cm³/mol. The van der Waals surface area contributed by atoms with E-state index in [1.54, 1.807) is 11.2 Å². The molecule has 1 unspecified atom stereocenters. The van der Waals surface area contributed by atoms with Crippen molar-refractivity contribution in [2.75, 3.05) is 30.3 Å². The van der Waals surface area contributed by atoms with Crippen LogP contribution in [-0.2, 0) is 21.2 Å². The smallest absolute Gasteiger partial charge is 0.228 e. The zero-order valence-corrected chi connectivity index (χ0v) is 17.0. The lowest BCUT2D eigenvalue weighted by Gasteiger charge is -2.33.